The number of benzene rings is 2. The lowest BCUT2D eigenvalue weighted by molar-refractivity contribution is -0.387. The number of nitro groups is 1. The van der Waals surface area contributed by atoms with Crippen molar-refractivity contribution in [3.8, 4) is 0 Å². The molecule has 0 heterocycles. The van der Waals surface area contributed by atoms with E-state index in [2.05, 4.69) is 20.7 Å². The first-order valence-corrected chi connectivity index (χ1v) is 8.21. The number of hydrogen-bond acceptors (Lipinski definition) is 4. The van der Waals surface area contributed by atoms with Crippen LogP contribution in [0.2, 0.25) is 0 Å². The fraction of sp³-hybridized carbons (Fsp3) is 0.0769. The number of nitro benzene ring substituents is 1. The smallest absolute Gasteiger partial charge is 0.279 e. The van der Waals surface area contributed by atoms with Crippen LogP contribution >= 0.6 is 15.9 Å². The van der Waals surface area contributed by atoms with Gasteiger partial charge in [0.2, 0.25) is 5.82 Å². The molecule has 22 heavy (non-hydrogen) atoms. The topological polar surface area (TPSA) is 89.3 Å². The largest absolute Gasteiger partial charge is 0.306 e. The lowest BCUT2D eigenvalue weighted by Gasteiger charge is -2.10. The third kappa shape index (κ3) is 3.42. The minimum atomic E-state index is -3.95. The molecule has 0 aliphatic carbocycles. The summed E-state index contributed by atoms with van der Waals surface area (Å²) in [6.07, 6.45) is 0. The van der Waals surface area contributed by atoms with Gasteiger partial charge < -0.3 is 0 Å². The van der Waals surface area contributed by atoms with Crippen molar-refractivity contribution in [3.63, 3.8) is 0 Å². The molecule has 6 nitrogen and oxygen atoms in total. The molecule has 0 saturated heterocycles. The van der Waals surface area contributed by atoms with E-state index in [9.17, 15) is 22.9 Å². The zero-order chi connectivity index (χ0) is 16.5. The lowest BCUT2D eigenvalue weighted by atomic mass is 10.2. The van der Waals surface area contributed by atoms with Crippen LogP contribution in [0.3, 0.4) is 0 Å². The summed E-state index contributed by atoms with van der Waals surface area (Å²) in [4.78, 5) is 9.79. The number of rotatable bonds is 4. The molecule has 2 aromatic carbocycles. The SMILES string of the molecule is Cc1ccc(Br)cc1S(=O)(=O)Nc1ccc(F)c([N+](=O)[O-])c1. The van der Waals surface area contributed by atoms with Crippen LogP contribution in [0.1, 0.15) is 5.56 Å². The van der Waals surface area contributed by atoms with Crippen molar-refractivity contribution in [2.75, 3.05) is 4.72 Å². The molecule has 0 unspecified atom stereocenters. The van der Waals surface area contributed by atoms with Crippen molar-refractivity contribution in [2.24, 2.45) is 0 Å². The van der Waals surface area contributed by atoms with E-state index in [1.165, 1.54) is 6.07 Å². The maximum Gasteiger partial charge on any atom is 0.306 e. The molecule has 0 saturated carbocycles. The van der Waals surface area contributed by atoms with Crippen molar-refractivity contribution in [1.29, 1.82) is 0 Å². The first-order valence-electron chi connectivity index (χ1n) is 5.93. The van der Waals surface area contributed by atoms with E-state index in [0.717, 1.165) is 18.2 Å². The van der Waals surface area contributed by atoms with Crippen molar-refractivity contribution >= 4 is 37.3 Å². The molecular weight excluding hydrogens is 379 g/mol. The minimum Gasteiger partial charge on any atom is -0.279 e. The van der Waals surface area contributed by atoms with Crippen LogP contribution in [0.25, 0.3) is 0 Å². The molecule has 2 aromatic rings. The average Bonchev–Trinajstić information content (AvgIpc) is 2.43. The summed E-state index contributed by atoms with van der Waals surface area (Å²) < 4.78 is 40.7. The predicted octanol–water partition coefficient (Wildman–Crippen LogP) is 3.61. The van der Waals surface area contributed by atoms with Gasteiger partial charge in [-0.25, -0.2) is 8.42 Å². The first kappa shape index (κ1) is 16.4. The Hall–Kier alpha value is -2.00. The van der Waals surface area contributed by atoms with Crippen LogP contribution in [0.5, 0.6) is 0 Å². The van der Waals surface area contributed by atoms with Crippen LogP contribution in [-0.4, -0.2) is 13.3 Å². The molecule has 1 N–H and O–H groups in total. The van der Waals surface area contributed by atoms with E-state index in [0.29, 0.717) is 10.0 Å². The van der Waals surface area contributed by atoms with Crippen LogP contribution in [0.4, 0.5) is 15.8 Å². The molecule has 0 atom stereocenters. The zero-order valence-corrected chi connectivity index (χ0v) is 13.6. The second-order valence-corrected chi connectivity index (χ2v) is 7.01. The summed E-state index contributed by atoms with van der Waals surface area (Å²) in [5.41, 5.74) is -0.383. The number of sulfonamides is 1. The second kappa shape index (κ2) is 6.01. The predicted molar refractivity (Wildman–Crippen MR) is 82.7 cm³/mol. The quantitative estimate of drug-likeness (QED) is 0.639. The molecule has 0 fully saturated rings. The molecule has 0 radical (unpaired) electrons. The van der Waals surface area contributed by atoms with Gasteiger partial charge in [-0.05, 0) is 36.8 Å². The Kier molecular flexibility index (Phi) is 4.47. The molecule has 0 aliphatic heterocycles. The van der Waals surface area contributed by atoms with Gasteiger partial charge in [0.1, 0.15) is 0 Å². The standard InChI is InChI=1S/C13H10BrFN2O4S/c1-8-2-3-9(14)6-13(8)22(20,21)16-10-4-5-11(15)12(7-10)17(18)19/h2-7,16H,1H3. The minimum absolute atomic E-state index is 0.0221. The van der Waals surface area contributed by atoms with Gasteiger partial charge in [-0.15, -0.1) is 0 Å². The van der Waals surface area contributed by atoms with Crippen molar-refractivity contribution in [1.82, 2.24) is 0 Å². The number of nitrogens with zero attached hydrogens (tertiary/aromatic N) is 1. The van der Waals surface area contributed by atoms with E-state index in [1.807, 2.05) is 0 Å². The van der Waals surface area contributed by atoms with E-state index in [1.54, 1.807) is 19.1 Å². The summed E-state index contributed by atoms with van der Waals surface area (Å²) in [6.45, 7) is 1.62. The molecule has 2 rings (SSSR count). The molecule has 0 aliphatic rings. The summed E-state index contributed by atoms with van der Waals surface area (Å²) >= 11 is 3.18. The molecule has 116 valence electrons. The average molecular weight is 389 g/mol. The summed E-state index contributed by atoms with van der Waals surface area (Å²) in [5.74, 6) is -1.04. The van der Waals surface area contributed by atoms with E-state index >= 15 is 0 Å². The highest BCUT2D eigenvalue weighted by molar-refractivity contribution is 9.10. The summed E-state index contributed by atoms with van der Waals surface area (Å²) in [7, 11) is -3.95. The highest BCUT2D eigenvalue weighted by atomic mass is 79.9. The monoisotopic (exact) mass is 388 g/mol. The zero-order valence-electron chi connectivity index (χ0n) is 11.2. The third-order valence-electron chi connectivity index (χ3n) is 2.83. The molecule has 9 heteroatoms. The fourth-order valence-electron chi connectivity index (χ4n) is 1.79. The number of aryl methyl sites for hydroxylation is 1. The Labute approximate surface area is 134 Å². The summed E-state index contributed by atoms with van der Waals surface area (Å²) in [5, 5.41) is 10.7. The van der Waals surface area contributed by atoms with E-state index in [4.69, 9.17) is 0 Å². The second-order valence-electron chi connectivity index (χ2n) is 4.44. The van der Waals surface area contributed by atoms with Gasteiger partial charge in [-0.3, -0.25) is 14.8 Å². The Morgan fingerprint density at radius 3 is 2.55 bits per heavy atom. The first-order chi connectivity index (χ1) is 10.2. The molecule has 0 spiro atoms. The van der Waals surface area contributed by atoms with Gasteiger partial charge in [0.15, 0.2) is 0 Å². The Bertz CT molecular complexity index is 855. The Morgan fingerprint density at radius 1 is 1.23 bits per heavy atom. The van der Waals surface area contributed by atoms with Gasteiger partial charge in [0, 0.05) is 10.5 Å². The van der Waals surface area contributed by atoms with Crippen molar-refractivity contribution in [3.05, 3.63) is 62.4 Å². The van der Waals surface area contributed by atoms with E-state index in [-0.39, 0.29) is 10.6 Å². The maximum absolute atomic E-state index is 13.3. The van der Waals surface area contributed by atoms with Gasteiger partial charge >= 0.3 is 5.69 Å². The number of halogens is 2. The highest BCUT2D eigenvalue weighted by Crippen LogP contribution is 2.26. The molecule has 0 bridgehead atoms. The maximum atomic E-state index is 13.3. The van der Waals surface area contributed by atoms with Crippen LogP contribution in [-0.2, 0) is 10.0 Å². The Balaban J connectivity index is 2.43. The normalized spacial score (nSPS) is 11.2. The molecular formula is C13H10BrFN2O4S. The lowest BCUT2D eigenvalue weighted by Crippen LogP contribution is -2.14. The van der Waals surface area contributed by atoms with Crippen molar-refractivity contribution in [2.45, 2.75) is 11.8 Å². The van der Waals surface area contributed by atoms with Crippen molar-refractivity contribution < 1.29 is 17.7 Å². The van der Waals surface area contributed by atoms with Crippen LogP contribution < -0.4 is 4.72 Å². The van der Waals surface area contributed by atoms with E-state index < -0.39 is 26.5 Å². The van der Waals surface area contributed by atoms with Gasteiger partial charge in [-0.2, -0.15) is 4.39 Å². The number of anilines is 1. The molecule has 0 aromatic heterocycles. The number of hydrogen-bond donors (Lipinski definition) is 1. The third-order valence-corrected chi connectivity index (χ3v) is 4.85. The number of nitrogens with one attached hydrogen (secondary N) is 1. The highest BCUT2D eigenvalue weighted by Gasteiger charge is 2.20. The van der Waals surface area contributed by atoms with Gasteiger partial charge in [-0.1, -0.05) is 22.0 Å². The van der Waals surface area contributed by atoms with Crippen LogP contribution in [0, 0.1) is 22.9 Å². The van der Waals surface area contributed by atoms with Gasteiger partial charge in [0.25, 0.3) is 10.0 Å². The fourth-order valence-corrected chi connectivity index (χ4v) is 3.62. The Morgan fingerprint density at radius 2 is 1.91 bits per heavy atom. The van der Waals surface area contributed by atoms with Crippen LogP contribution in [0.15, 0.2) is 45.8 Å². The molecule has 0 amide bonds. The summed E-state index contributed by atoms with van der Waals surface area (Å²) in [6, 6.07) is 7.51. The van der Waals surface area contributed by atoms with Gasteiger partial charge in [0.05, 0.1) is 15.5 Å².